The van der Waals surface area contributed by atoms with E-state index in [0.29, 0.717) is 6.29 Å². The van der Waals surface area contributed by atoms with Crippen LogP contribution in [0.5, 0.6) is 0 Å². The molecule has 0 saturated heterocycles. The lowest BCUT2D eigenvalue weighted by molar-refractivity contribution is 0.111. The molecule has 9 heavy (non-hydrogen) atoms. The molecule has 0 bridgehead atoms. The molecule has 0 aliphatic rings. The maximum atomic E-state index is 11.9. The predicted octanol–water partition coefficient (Wildman–Crippen LogP) is 0.428. The molecule has 0 atom stereocenters. The van der Waals surface area contributed by atoms with Crippen LogP contribution < -0.4 is 0 Å². The van der Waals surface area contributed by atoms with Gasteiger partial charge in [-0.1, -0.05) is 0 Å². The van der Waals surface area contributed by atoms with Crippen molar-refractivity contribution in [2.45, 2.75) is 0 Å². The normalized spacial score (nSPS) is 9.00. The molecular formula is C5H3FN2O. The number of carbonyl (C=O) groups is 1. The quantitative estimate of drug-likeness (QED) is 0.512. The molecule has 0 aliphatic heterocycles. The Kier molecular flexibility index (Phi) is 1.48. The van der Waals surface area contributed by atoms with Gasteiger partial charge < -0.3 is 0 Å². The molecule has 3 nitrogen and oxygen atoms in total. The summed E-state index contributed by atoms with van der Waals surface area (Å²) in [4.78, 5) is 9.89. The van der Waals surface area contributed by atoms with Crippen LogP contribution in [0.2, 0.25) is 0 Å². The fourth-order valence-corrected chi connectivity index (χ4v) is 0.389. The predicted molar refractivity (Wildman–Crippen MR) is 27.4 cm³/mol. The van der Waals surface area contributed by atoms with Crippen LogP contribution in [-0.4, -0.2) is 16.5 Å². The Morgan fingerprint density at radius 3 is 2.67 bits per heavy atom. The van der Waals surface area contributed by atoms with Gasteiger partial charge in [0, 0.05) is 0 Å². The number of rotatable bonds is 1. The third-order valence-electron chi connectivity index (χ3n) is 0.773. The summed E-state index contributed by atoms with van der Waals surface area (Å²) in [7, 11) is 0. The Hall–Kier alpha value is -1.32. The number of nitrogens with zero attached hydrogens (tertiary/aromatic N) is 2. The van der Waals surface area contributed by atoms with Gasteiger partial charge >= 0.3 is 0 Å². The molecule has 0 aromatic carbocycles. The number of halogens is 1. The van der Waals surface area contributed by atoms with E-state index in [1.165, 1.54) is 6.07 Å². The zero-order valence-electron chi connectivity index (χ0n) is 4.41. The highest BCUT2D eigenvalue weighted by molar-refractivity contribution is 5.70. The standard InChI is InChI=1S/C5H3FN2O/c6-5-2-1-4(3-9)7-8-5/h1-3H. The van der Waals surface area contributed by atoms with E-state index < -0.39 is 5.95 Å². The van der Waals surface area contributed by atoms with Crippen molar-refractivity contribution in [1.29, 1.82) is 0 Å². The summed E-state index contributed by atoms with van der Waals surface area (Å²) in [5.41, 5.74) is 0.136. The summed E-state index contributed by atoms with van der Waals surface area (Å²) >= 11 is 0. The van der Waals surface area contributed by atoms with Gasteiger partial charge in [0.05, 0.1) is 0 Å². The van der Waals surface area contributed by atoms with Gasteiger partial charge in [-0.3, -0.25) is 4.79 Å². The fourth-order valence-electron chi connectivity index (χ4n) is 0.389. The average molecular weight is 126 g/mol. The molecule has 0 N–H and O–H groups in total. The van der Waals surface area contributed by atoms with Crippen LogP contribution in [0.25, 0.3) is 0 Å². The second kappa shape index (κ2) is 2.30. The van der Waals surface area contributed by atoms with Gasteiger partial charge in [-0.15, -0.1) is 10.2 Å². The highest BCUT2D eigenvalue weighted by Gasteiger charge is 1.91. The lowest BCUT2D eigenvalue weighted by atomic mass is 10.4. The van der Waals surface area contributed by atoms with Gasteiger partial charge in [-0.2, -0.15) is 4.39 Å². The summed E-state index contributed by atoms with van der Waals surface area (Å²) in [6.07, 6.45) is 0.506. The number of hydrogen-bond acceptors (Lipinski definition) is 3. The molecule has 4 heteroatoms. The summed E-state index contributed by atoms with van der Waals surface area (Å²) in [5.74, 6) is -0.680. The van der Waals surface area contributed by atoms with Crippen molar-refractivity contribution in [3.63, 3.8) is 0 Å². The molecule has 46 valence electrons. The van der Waals surface area contributed by atoms with Crippen molar-refractivity contribution in [3.05, 3.63) is 23.8 Å². The molecule has 1 rings (SSSR count). The summed E-state index contributed by atoms with van der Waals surface area (Å²) in [6.45, 7) is 0. The van der Waals surface area contributed by atoms with E-state index in [4.69, 9.17) is 0 Å². The second-order valence-corrected chi connectivity index (χ2v) is 1.40. The van der Waals surface area contributed by atoms with Crippen LogP contribution in [-0.2, 0) is 0 Å². The monoisotopic (exact) mass is 126 g/mol. The first-order chi connectivity index (χ1) is 4.33. The average Bonchev–Trinajstić information content (AvgIpc) is 1.90. The molecule has 1 aromatic heterocycles. The zero-order valence-corrected chi connectivity index (χ0v) is 4.41. The summed E-state index contributed by atoms with van der Waals surface area (Å²) < 4.78 is 11.9. The SMILES string of the molecule is O=Cc1ccc(F)nn1. The Morgan fingerprint density at radius 1 is 1.44 bits per heavy atom. The maximum absolute atomic E-state index is 11.9. The Labute approximate surface area is 50.5 Å². The molecular weight excluding hydrogens is 123 g/mol. The summed E-state index contributed by atoms with van der Waals surface area (Å²) in [6, 6.07) is 2.34. The number of hydrogen-bond donors (Lipinski definition) is 0. The largest absolute Gasteiger partial charge is 0.296 e. The van der Waals surface area contributed by atoms with Crippen molar-refractivity contribution in [3.8, 4) is 0 Å². The zero-order chi connectivity index (χ0) is 6.69. The van der Waals surface area contributed by atoms with E-state index >= 15 is 0 Å². The molecule has 1 heterocycles. The molecule has 0 saturated carbocycles. The van der Waals surface area contributed by atoms with Gasteiger partial charge in [-0.25, -0.2) is 0 Å². The first-order valence-electron chi connectivity index (χ1n) is 2.27. The highest BCUT2D eigenvalue weighted by Crippen LogP contribution is 1.89. The Morgan fingerprint density at radius 2 is 2.22 bits per heavy atom. The van der Waals surface area contributed by atoms with Crippen LogP contribution >= 0.6 is 0 Å². The molecule has 0 fully saturated rings. The second-order valence-electron chi connectivity index (χ2n) is 1.40. The van der Waals surface area contributed by atoms with E-state index in [9.17, 15) is 9.18 Å². The maximum Gasteiger partial charge on any atom is 0.233 e. The van der Waals surface area contributed by atoms with Crippen LogP contribution in [0.3, 0.4) is 0 Å². The van der Waals surface area contributed by atoms with Crippen molar-refractivity contribution >= 4 is 6.29 Å². The summed E-state index contributed by atoms with van der Waals surface area (Å²) in [5, 5.41) is 6.21. The van der Waals surface area contributed by atoms with Crippen molar-refractivity contribution in [1.82, 2.24) is 10.2 Å². The van der Waals surface area contributed by atoms with Crippen LogP contribution in [0.15, 0.2) is 12.1 Å². The van der Waals surface area contributed by atoms with Crippen molar-refractivity contribution < 1.29 is 9.18 Å². The minimum absolute atomic E-state index is 0.136. The molecule has 0 aliphatic carbocycles. The number of aromatic nitrogens is 2. The van der Waals surface area contributed by atoms with Crippen LogP contribution in [0.1, 0.15) is 10.5 Å². The fraction of sp³-hybridized carbons (Fsp3) is 0. The molecule has 0 unspecified atom stereocenters. The van der Waals surface area contributed by atoms with Gasteiger partial charge in [0.1, 0.15) is 5.69 Å². The van der Waals surface area contributed by atoms with E-state index in [1.807, 2.05) is 0 Å². The van der Waals surface area contributed by atoms with Crippen molar-refractivity contribution in [2.75, 3.05) is 0 Å². The lowest BCUT2D eigenvalue weighted by Gasteiger charge is -1.84. The third-order valence-corrected chi connectivity index (χ3v) is 0.773. The minimum Gasteiger partial charge on any atom is -0.296 e. The van der Waals surface area contributed by atoms with E-state index in [1.54, 1.807) is 0 Å². The van der Waals surface area contributed by atoms with Crippen LogP contribution in [0.4, 0.5) is 4.39 Å². The first-order valence-corrected chi connectivity index (χ1v) is 2.27. The highest BCUT2D eigenvalue weighted by atomic mass is 19.1. The first kappa shape index (κ1) is 5.81. The molecule has 0 radical (unpaired) electrons. The molecule has 0 amide bonds. The number of aldehydes is 1. The van der Waals surface area contributed by atoms with E-state index in [-0.39, 0.29) is 5.69 Å². The Balaban J connectivity index is 3.01. The van der Waals surface area contributed by atoms with Gasteiger partial charge in [0.25, 0.3) is 0 Å². The smallest absolute Gasteiger partial charge is 0.233 e. The molecule has 1 aromatic rings. The third kappa shape index (κ3) is 1.28. The van der Waals surface area contributed by atoms with Crippen molar-refractivity contribution in [2.24, 2.45) is 0 Å². The van der Waals surface area contributed by atoms with E-state index in [0.717, 1.165) is 6.07 Å². The Bertz CT molecular complexity index is 209. The molecule has 0 spiro atoms. The topological polar surface area (TPSA) is 42.9 Å². The van der Waals surface area contributed by atoms with Gasteiger partial charge in [0.15, 0.2) is 6.29 Å². The number of carbonyl (C=O) groups excluding carboxylic acids is 1. The van der Waals surface area contributed by atoms with Gasteiger partial charge in [-0.05, 0) is 12.1 Å². The van der Waals surface area contributed by atoms with Crippen LogP contribution in [0, 0.1) is 5.95 Å². The van der Waals surface area contributed by atoms with Gasteiger partial charge in [0.2, 0.25) is 5.95 Å². The minimum atomic E-state index is -0.680. The van der Waals surface area contributed by atoms with E-state index in [2.05, 4.69) is 10.2 Å². The lowest BCUT2D eigenvalue weighted by Crippen LogP contribution is -1.91.